The summed E-state index contributed by atoms with van der Waals surface area (Å²) in [4.78, 5) is 21.5. The van der Waals surface area contributed by atoms with Gasteiger partial charge in [0.05, 0.1) is 19.5 Å². The maximum absolute atomic E-state index is 5.44. The van der Waals surface area contributed by atoms with Crippen LogP contribution in [-0.4, -0.2) is 59.3 Å². The Kier molecular flexibility index (Phi) is 3.34. The van der Waals surface area contributed by atoms with Crippen molar-refractivity contribution < 1.29 is 4.74 Å². The molecule has 0 bridgehead atoms. The second-order valence-corrected chi connectivity index (χ2v) is 5.60. The molecule has 0 unspecified atom stereocenters. The topological polar surface area (TPSA) is 70.2 Å². The highest BCUT2D eigenvalue weighted by atomic mass is 16.5. The molecule has 0 aliphatic carbocycles. The third-order valence-electron chi connectivity index (χ3n) is 4.20. The van der Waals surface area contributed by atoms with E-state index in [-0.39, 0.29) is 0 Å². The third-order valence-corrected chi connectivity index (χ3v) is 4.20. The van der Waals surface area contributed by atoms with Gasteiger partial charge in [0.2, 0.25) is 5.95 Å². The Labute approximate surface area is 123 Å². The lowest BCUT2D eigenvalue weighted by molar-refractivity contribution is 0.122. The first-order valence-electron chi connectivity index (χ1n) is 7.70. The van der Waals surface area contributed by atoms with Gasteiger partial charge >= 0.3 is 0 Å². The number of nitrogens with zero attached hydrogens (tertiary/aromatic N) is 5. The monoisotopic (exact) mass is 288 g/mol. The number of aromatic nitrogens is 4. The lowest BCUT2D eigenvalue weighted by Gasteiger charge is -2.30. The van der Waals surface area contributed by atoms with E-state index in [0.717, 1.165) is 62.3 Å². The number of rotatable bonds is 2. The first-order valence-corrected chi connectivity index (χ1v) is 7.70. The van der Waals surface area contributed by atoms with E-state index in [1.807, 2.05) is 0 Å². The molecule has 2 aromatic rings. The molecule has 4 rings (SSSR count). The summed E-state index contributed by atoms with van der Waals surface area (Å²) in [5, 5.41) is 0. The molecule has 0 spiro atoms. The number of ether oxygens (including phenoxy) is 1. The van der Waals surface area contributed by atoms with Gasteiger partial charge < -0.3 is 19.5 Å². The zero-order valence-corrected chi connectivity index (χ0v) is 12.1. The van der Waals surface area contributed by atoms with Gasteiger partial charge in [-0.2, -0.15) is 9.97 Å². The highest BCUT2D eigenvalue weighted by molar-refractivity contribution is 5.84. The number of anilines is 2. The van der Waals surface area contributed by atoms with Gasteiger partial charge in [0.15, 0.2) is 11.5 Å². The smallest absolute Gasteiger partial charge is 0.229 e. The molecular weight excluding hydrogens is 268 g/mol. The summed E-state index contributed by atoms with van der Waals surface area (Å²) in [5.41, 5.74) is 1.68. The maximum atomic E-state index is 5.44. The Hall–Kier alpha value is -1.89. The average Bonchev–Trinajstić information content (AvgIpc) is 3.04. The summed E-state index contributed by atoms with van der Waals surface area (Å²) in [6.45, 7) is 5.31. The van der Waals surface area contributed by atoms with Crippen molar-refractivity contribution >= 4 is 22.9 Å². The molecule has 0 aromatic carbocycles. The zero-order valence-electron chi connectivity index (χ0n) is 12.1. The fourth-order valence-corrected chi connectivity index (χ4v) is 3.05. The SMILES string of the molecule is c1nc2nc(N3CCCCC3)nc(N3CCOCC3)c2[nH]1. The normalized spacial score (nSPS) is 20.2. The number of aromatic amines is 1. The fraction of sp³-hybridized carbons (Fsp3) is 0.643. The van der Waals surface area contributed by atoms with Crippen LogP contribution in [0.4, 0.5) is 11.8 Å². The second kappa shape index (κ2) is 5.48. The molecule has 7 nitrogen and oxygen atoms in total. The minimum atomic E-state index is 0.749. The van der Waals surface area contributed by atoms with Gasteiger partial charge in [-0.05, 0) is 19.3 Å². The van der Waals surface area contributed by atoms with E-state index >= 15 is 0 Å². The van der Waals surface area contributed by atoms with E-state index < -0.39 is 0 Å². The van der Waals surface area contributed by atoms with Crippen molar-refractivity contribution in [3.63, 3.8) is 0 Å². The molecule has 0 radical (unpaired) electrons. The summed E-state index contributed by atoms with van der Waals surface area (Å²) in [5.74, 6) is 1.78. The summed E-state index contributed by atoms with van der Waals surface area (Å²) < 4.78 is 5.44. The Morgan fingerprint density at radius 2 is 1.76 bits per heavy atom. The van der Waals surface area contributed by atoms with Crippen molar-refractivity contribution in [2.45, 2.75) is 19.3 Å². The Balaban J connectivity index is 1.74. The zero-order chi connectivity index (χ0) is 14.1. The predicted molar refractivity (Wildman–Crippen MR) is 80.8 cm³/mol. The minimum absolute atomic E-state index is 0.749. The van der Waals surface area contributed by atoms with E-state index in [1.54, 1.807) is 6.33 Å². The Morgan fingerprint density at radius 3 is 2.57 bits per heavy atom. The standard InChI is InChI=1S/C14H20N6O/c1-2-4-20(5-3-1)14-17-12-11(15-10-16-12)13(18-14)19-6-8-21-9-7-19/h10H,1-9H2,(H,15,16,17,18). The lowest BCUT2D eigenvalue weighted by Crippen LogP contribution is -2.38. The second-order valence-electron chi connectivity index (χ2n) is 5.60. The van der Waals surface area contributed by atoms with Crippen LogP contribution >= 0.6 is 0 Å². The molecule has 21 heavy (non-hydrogen) atoms. The van der Waals surface area contributed by atoms with Gasteiger partial charge in [0.1, 0.15) is 5.52 Å². The molecule has 2 aliphatic rings. The van der Waals surface area contributed by atoms with Gasteiger partial charge in [-0.25, -0.2) is 4.98 Å². The van der Waals surface area contributed by atoms with Crippen molar-refractivity contribution in [1.82, 2.24) is 19.9 Å². The number of hydrogen-bond donors (Lipinski definition) is 1. The lowest BCUT2D eigenvalue weighted by atomic mass is 10.1. The van der Waals surface area contributed by atoms with Crippen LogP contribution in [0.1, 0.15) is 19.3 Å². The number of fused-ring (bicyclic) bond motifs is 1. The molecule has 2 saturated heterocycles. The van der Waals surface area contributed by atoms with Crippen LogP contribution in [0, 0.1) is 0 Å². The van der Waals surface area contributed by atoms with Crippen LogP contribution in [0.5, 0.6) is 0 Å². The number of morpholine rings is 1. The van der Waals surface area contributed by atoms with Crippen molar-refractivity contribution in [3.05, 3.63) is 6.33 Å². The number of piperidine rings is 1. The molecule has 112 valence electrons. The molecule has 4 heterocycles. The molecule has 0 saturated carbocycles. The number of H-pyrrole nitrogens is 1. The highest BCUT2D eigenvalue weighted by Gasteiger charge is 2.21. The number of nitrogens with one attached hydrogen (secondary N) is 1. The van der Waals surface area contributed by atoms with Crippen LogP contribution in [0.15, 0.2) is 6.33 Å². The van der Waals surface area contributed by atoms with Crippen molar-refractivity contribution in [1.29, 1.82) is 0 Å². The van der Waals surface area contributed by atoms with Crippen molar-refractivity contribution in [2.24, 2.45) is 0 Å². The Morgan fingerprint density at radius 1 is 0.952 bits per heavy atom. The number of hydrogen-bond acceptors (Lipinski definition) is 6. The Bertz CT molecular complexity index is 615. The summed E-state index contributed by atoms with van der Waals surface area (Å²) >= 11 is 0. The van der Waals surface area contributed by atoms with Gasteiger partial charge in [0, 0.05) is 26.2 Å². The molecule has 2 fully saturated rings. The van der Waals surface area contributed by atoms with Crippen molar-refractivity contribution in [3.8, 4) is 0 Å². The molecule has 0 amide bonds. The van der Waals surface area contributed by atoms with Crippen LogP contribution in [-0.2, 0) is 4.74 Å². The predicted octanol–water partition coefficient (Wildman–Crippen LogP) is 1.18. The molecule has 2 aromatic heterocycles. The quantitative estimate of drug-likeness (QED) is 0.895. The highest BCUT2D eigenvalue weighted by Crippen LogP contribution is 2.26. The van der Waals surface area contributed by atoms with Gasteiger partial charge in [-0.3, -0.25) is 0 Å². The summed E-state index contributed by atoms with van der Waals surface area (Å²) in [7, 11) is 0. The van der Waals surface area contributed by atoms with Crippen LogP contribution in [0.25, 0.3) is 11.2 Å². The van der Waals surface area contributed by atoms with Gasteiger partial charge in [-0.1, -0.05) is 0 Å². The molecular formula is C14H20N6O. The third kappa shape index (κ3) is 2.42. The number of imidazole rings is 1. The maximum Gasteiger partial charge on any atom is 0.229 e. The van der Waals surface area contributed by atoms with Crippen LogP contribution in [0.3, 0.4) is 0 Å². The fourth-order valence-electron chi connectivity index (χ4n) is 3.05. The first-order chi connectivity index (χ1) is 10.4. The van der Waals surface area contributed by atoms with Gasteiger partial charge in [-0.15, -0.1) is 0 Å². The average molecular weight is 288 g/mol. The molecule has 7 heteroatoms. The first kappa shape index (κ1) is 12.8. The van der Waals surface area contributed by atoms with Crippen LogP contribution in [0.2, 0.25) is 0 Å². The summed E-state index contributed by atoms with van der Waals surface area (Å²) in [6, 6.07) is 0. The largest absolute Gasteiger partial charge is 0.378 e. The van der Waals surface area contributed by atoms with Crippen molar-refractivity contribution in [2.75, 3.05) is 49.2 Å². The summed E-state index contributed by atoms with van der Waals surface area (Å²) in [6.07, 6.45) is 5.43. The molecule has 0 atom stereocenters. The van der Waals surface area contributed by atoms with E-state index in [9.17, 15) is 0 Å². The molecule has 2 aliphatic heterocycles. The minimum Gasteiger partial charge on any atom is -0.378 e. The molecule has 1 N–H and O–H groups in total. The van der Waals surface area contributed by atoms with Gasteiger partial charge in [0.25, 0.3) is 0 Å². The van der Waals surface area contributed by atoms with Crippen LogP contribution < -0.4 is 9.80 Å². The van der Waals surface area contributed by atoms with E-state index in [4.69, 9.17) is 9.72 Å². The van der Waals surface area contributed by atoms with E-state index in [1.165, 1.54) is 19.3 Å². The van der Waals surface area contributed by atoms with E-state index in [2.05, 4.69) is 24.8 Å². The van der Waals surface area contributed by atoms with E-state index in [0.29, 0.717) is 0 Å².